The minimum atomic E-state index is -0.00597. The second-order valence-electron chi connectivity index (χ2n) is 3.24. The van der Waals surface area contributed by atoms with E-state index in [2.05, 4.69) is 4.98 Å². The van der Waals surface area contributed by atoms with Gasteiger partial charge in [0.2, 0.25) is 0 Å². The fourth-order valence-electron chi connectivity index (χ4n) is 0.992. The Morgan fingerprint density at radius 1 is 1.79 bits per heavy atom. The van der Waals surface area contributed by atoms with Crippen molar-refractivity contribution in [3.05, 3.63) is 16.1 Å². The predicted molar refractivity (Wildman–Crippen MR) is 57.5 cm³/mol. The van der Waals surface area contributed by atoms with Crippen molar-refractivity contribution < 1.29 is 4.79 Å². The average molecular weight is 213 g/mol. The molecule has 14 heavy (non-hydrogen) atoms. The molecule has 5 heteroatoms. The quantitative estimate of drug-likeness (QED) is 0.810. The van der Waals surface area contributed by atoms with Crippen molar-refractivity contribution in [3.8, 4) is 0 Å². The Morgan fingerprint density at radius 2 is 2.43 bits per heavy atom. The lowest BCUT2D eigenvalue weighted by Gasteiger charge is -2.22. The molecule has 0 saturated heterocycles. The molecule has 1 unspecified atom stereocenters. The third kappa shape index (κ3) is 2.30. The monoisotopic (exact) mass is 213 g/mol. The van der Waals surface area contributed by atoms with E-state index in [-0.39, 0.29) is 11.9 Å². The maximum absolute atomic E-state index is 11.8. The van der Waals surface area contributed by atoms with E-state index >= 15 is 0 Å². The first kappa shape index (κ1) is 11.1. The molecule has 0 aliphatic carbocycles. The van der Waals surface area contributed by atoms with Crippen LogP contribution in [0, 0.1) is 6.92 Å². The van der Waals surface area contributed by atoms with Crippen LogP contribution in [-0.2, 0) is 0 Å². The number of amides is 1. The summed E-state index contributed by atoms with van der Waals surface area (Å²) in [4.78, 5) is 18.2. The van der Waals surface area contributed by atoms with Crippen molar-refractivity contribution in [1.82, 2.24) is 9.88 Å². The van der Waals surface area contributed by atoms with Gasteiger partial charge in [-0.3, -0.25) is 4.79 Å². The Morgan fingerprint density at radius 3 is 2.86 bits per heavy atom. The summed E-state index contributed by atoms with van der Waals surface area (Å²) in [6.45, 7) is 4.28. The van der Waals surface area contributed by atoms with Crippen LogP contribution in [0.15, 0.2) is 6.20 Å². The summed E-state index contributed by atoms with van der Waals surface area (Å²) in [5.74, 6) is -0.00597. The highest BCUT2D eigenvalue weighted by molar-refractivity contribution is 7.13. The topological polar surface area (TPSA) is 59.2 Å². The molecule has 0 aliphatic heterocycles. The van der Waals surface area contributed by atoms with Gasteiger partial charge in [-0.15, -0.1) is 11.3 Å². The first-order chi connectivity index (χ1) is 6.56. The highest BCUT2D eigenvalue weighted by Crippen LogP contribution is 2.14. The number of hydrogen-bond donors (Lipinski definition) is 1. The number of carbonyl (C=O) groups is 1. The van der Waals surface area contributed by atoms with Crippen molar-refractivity contribution in [2.45, 2.75) is 19.9 Å². The van der Waals surface area contributed by atoms with Gasteiger partial charge in [0.1, 0.15) is 4.88 Å². The average Bonchev–Trinajstić information content (AvgIpc) is 2.61. The van der Waals surface area contributed by atoms with E-state index in [1.54, 1.807) is 18.1 Å². The van der Waals surface area contributed by atoms with Crippen LogP contribution < -0.4 is 5.73 Å². The van der Waals surface area contributed by atoms with E-state index in [4.69, 9.17) is 5.73 Å². The maximum atomic E-state index is 11.8. The summed E-state index contributed by atoms with van der Waals surface area (Å²) < 4.78 is 0. The van der Waals surface area contributed by atoms with Crippen LogP contribution in [0.1, 0.15) is 21.6 Å². The SMILES string of the molecule is Cc1ncc(C(=O)N(C)C(C)CN)s1. The lowest BCUT2D eigenvalue weighted by molar-refractivity contribution is 0.0753. The Balaban J connectivity index is 2.75. The van der Waals surface area contributed by atoms with E-state index in [1.165, 1.54) is 11.3 Å². The molecule has 0 fully saturated rings. The van der Waals surface area contributed by atoms with E-state index < -0.39 is 0 Å². The second-order valence-corrected chi connectivity index (χ2v) is 4.48. The van der Waals surface area contributed by atoms with E-state index in [0.717, 1.165) is 5.01 Å². The first-order valence-electron chi connectivity index (χ1n) is 4.46. The fraction of sp³-hybridized carbons (Fsp3) is 0.556. The minimum absolute atomic E-state index is 0.00597. The lowest BCUT2D eigenvalue weighted by Crippen LogP contribution is -2.39. The van der Waals surface area contributed by atoms with Crippen molar-refractivity contribution >= 4 is 17.2 Å². The number of aromatic nitrogens is 1. The van der Waals surface area contributed by atoms with Crippen LogP contribution in [0.4, 0.5) is 0 Å². The largest absolute Gasteiger partial charge is 0.337 e. The number of aryl methyl sites for hydroxylation is 1. The summed E-state index contributed by atoms with van der Waals surface area (Å²) >= 11 is 1.41. The van der Waals surface area contributed by atoms with Gasteiger partial charge in [0.25, 0.3) is 5.91 Å². The predicted octanol–water partition coefficient (Wildman–Crippen LogP) is 0.871. The third-order valence-electron chi connectivity index (χ3n) is 2.15. The zero-order chi connectivity index (χ0) is 10.7. The van der Waals surface area contributed by atoms with Gasteiger partial charge in [-0.2, -0.15) is 0 Å². The van der Waals surface area contributed by atoms with Crippen LogP contribution in [0.3, 0.4) is 0 Å². The normalized spacial score (nSPS) is 12.6. The number of likely N-dealkylation sites (N-methyl/N-ethyl adjacent to an activating group) is 1. The minimum Gasteiger partial charge on any atom is -0.337 e. The van der Waals surface area contributed by atoms with Crippen molar-refractivity contribution in [2.24, 2.45) is 5.73 Å². The van der Waals surface area contributed by atoms with Crippen LogP contribution in [-0.4, -0.2) is 35.4 Å². The van der Waals surface area contributed by atoms with Crippen LogP contribution in [0.2, 0.25) is 0 Å². The van der Waals surface area contributed by atoms with Crippen LogP contribution in [0.25, 0.3) is 0 Å². The summed E-state index contributed by atoms with van der Waals surface area (Å²) in [6.07, 6.45) is 1.61. The van der Waals surface area contributed by atoms with Gasteiger partial charge >= 0.3 is 0 Å². The van der Waals surface area contributed by atoms with Gasteiger partial charge in [0, 0.05) is 19.6 Å². The Kier molecular flexibility index (Phi) is 3.60. The Hall–Kier alpha value is -0.940. The Labute approximate surface area is 87.7 Å². The highest BCUT2D eigenvalue weighted by Gasteiger charge is 2.17. The zero-order valence-corrected chi connectivity index (χ0v) is 9.47. The van der Waals surface area contributed by atoms with E-state index in [0.29, 0.717) is 11.4 Å². The molecule has 1 amide bonds. The summed E-state index contributed by atoms with van der Waals surface area (Å²) in [5, 5.41) is 0.905. The molecule has 1 heterocycles. The van der Waals surface area contributed by atoms with Gasteiger partial charge in [-0.25, -0.2) is 4.98 Å². The standard InChI is InChI=1S/C9H15N3OS/c1-6(4-10)12(3)9(13)8-5-11-7(2)14-8/h5-6H,4,10H2,1-3H3. The zero-order valence-electron chi connectivity index (χ0n) is 8.65. The number of carbonyl (C=O) groups excluding carboxylic acids is 1. The summed E-state index contributed by atoms with van der Waals surface area (Å²) in [6, 6.07) is 0.0601. The number of nitrogens with zero attached hydrogens (tertiary/aromatic N) is 2. The van der Waals surface area contributed by atoms with Gasteiger partial charge in [0.05, 0.1) is 11.2 Å². The number of nitrogens with two attached hydrogens (primary N) is 1. The van der Waals surface area contributed by atoms with Crippen LogP contribution >= 0.6 is 11.3 Å². The molecule has 0 bridgehead atoms. The number of thiazole rings is 1. The molecule has 0 radical (unpaired) electrons. The molecule has 78 valence electrons. The molecular formula is C9H15N3OS. The van der Waals surface area contributed by atoms with Gasteiger partial charge in [-0.05, 0) is 13.8 Å². The molecule has 1 atom stereocenters. The highest BCUT2D eigenvalue weighted by atomic mass is 32.1. The molecule has 0 spiro atoms. The molecule has 0 aromatic carbocycles. The van der Waals surface area contributed by atoms with Gasteiger partial charge in [-0.1, -0.05) is 0 Å². The number of hydrogen-bond acceptors (Lipinski definition) is 4. The molecule has 1 aromatic heterocycles. The molecule has 1 rings (SSSR count). The first-order valence-corrected chi connectivity index (χ1v) is 5.27. The molecule has 1 aromatic rings. The summed E-state index contributed by atoms with van der Waals surface area (Å²) in [7, 11) is 1.76. The van der Waals surface area contributed by atoms with Gasteiger partial charge < -0.3 is 10.6 Å². The van der Waals surface area contributed by atoms with Crippen molar-refractivity contribution in [2.75, 3.05) is 13.6 Å². The number of rotatable bonds is 3. The fourth-order valence-corrected chi connectivity index (χ4v) is 1.75. The molecule has 4 nitrogen and oxygen atoms in total. The van der Waals surface area contributed by atoms with Crippen molar-refractivity contribution in [1.29, 1.82) is 0 Å². The van der Waals surface area contributed by atoms with Crippen LogP contribution in [0.5, 0.6) is 0 Å². The van der Waals surface area contributed by atoms with Crippen molar-refractivity contribution in [3.63, 3.8) is 0 Å². The second kappa shape index (κ2) is 4.52. The van der Waals surface area contributed by atoms with Gasteiger partial charge in [0.15, 0.2) is 0 Å². The smallest absolute Gasteiger partial charge is 0.265 e. The molecular weight excluding hydrogens is 198 g/mol. The third-order valence-corrected chi connectivity index (χ3v) is 3.06. The van der Waals surface area contributed by atoms with E-state index in [9.17, 15) is 4.79 Å². The summed E-state index contributed by atoms with van der Waals surface area (Å²) in [5.41, 5.74) is 5.49. The Bertz CT molecular complexity index is 324. The molecule has 2 N–H and O–H groups in total. The van der Waals surface area contributed by atoms with E-state index in [1.807, 2.05) is 13.8 Å². The maximum Gasteiger partial charge on any atom is 0.265 e. The molecule has 0 aliphatic rings. The lowest BCUT2D eigenvalue weighted by atomic mass is 10.3. The molecule has 0 saturated carbocycles.